The van der Waals surface area contributed by atoms with Gasteiger partial charge in [-0.15, -0.1) is 0 Å². The van der Waals surface area contributed by atoms with Gasteiger partial charge in [-0.2, -0.15) is 0 Å². The highest BCUT2D eigenvalue weighted by Crippen LogP contribution is 2.15. The van der Waals surface area contributed by atoms with Crippen LogP contribution in [0, 0.1) is 0 Å². The molecular weight excluding hydrogens is 356 g/mol. The summed E-state index contributed by atoms with van der Waals surface area (Å²) >= 11 is 0. The number of nitrogens with one attached hydrogen (secondary N) is 1. The van der Waals surface area contributed by atoms with E-state index < -0.39 is 29.6 Å². The van der Waals surface area contributed by atoms with E-state index in [1.165, 1.54) is 0 Å². The van der Waals surface area contributed by atoms with E-state index in [-0.39, 0.29) is 19.6 Å². The molecule has 9 nitrogen and oxygen atoms in total. The molecule has 0 bridgehead atoms. The maximum Gasteiger partial charge on any atom is 0.337 e. The number of hydrogen-bond donors (Lipinski definition) is 2. The molecule has 0 radical (unpaired) electrons. The number of aliphatic hydroxyl groups is 1. The van der Waals surface area contributed by atoms with E-state index in [4.69, 9.17) is 14.4 Å². The normalized spacial score (nSPS) is 13.4. The van der Waals surface area contributed by atoms with E-state index in [2.05, 4.69) is 5.48 Å². The number of amides is 2. The molecule has 0 heterocycles. The first kappa shape index (κ1) is 22.6. The predicted molar refractivity (Wildman–Crippen MR) is 94.5 cm³/mol. The SMILES string of the molecule is CCOC(=O)C(O)C(C(=O)NOCc1ccccc1)N(C=O)OC(C)(C)C. The summed E-state index contributed by atoms with van der Waals surface area (Å²) < 4.78 is 4.73. The van der Waals surface area contributed by atoms with E-state index >= 15 is 0 Å². The lowest BCUT2D eigenvalue weighted by atomic mass is 10.1. The number of esters is 1. The van der Waals surface area contributed by atoms with Crippen molar-refractivity contribution >= 4 is 18.3 Å². The number of aliphatic hydroxyl groups excluding tert-OH is 1. The van der Waals surface area contributed by atoms with Gasteiger partial charge in [0.15, 0.2) is 12.1 Å². The fraction of sp³-hybridized carbons (Fsp3) is 0.500. The summed E-state index contributed by atoms with van der Waals surface area (Å²) in [4.78, 5) is 46.3. The molecule has 0 saturated carbocycles. The van der Waals surface area contributed by atoms with Crippen LogP contribution >= 0.6 is 0 Å². The van der Waals surface area contributed by atoms with Gasteiger partial charge < -0.3 is 9.84 Å². The van der Waals surface area contributed by atoms with E-state index in [1.807, 2.05) is 6.07 Å². The third kappa shape index (κ3) is 7.73. The van der Waals surface area contributed by atoms with Crippen LogP contribution in [-0.4, -0.2) is 52.8 Å². The van der Waals surface area contributed by atoms with Gasteiger partial charge in [0.2, 0.25) is 6.41 Å². The topological polar surface area (TPSA) is 114 Å². The van der Waals surface area contributed by atoms with Gasteiger partial charge in [0.05, 0.1) is 18.8 Å². The Bertz CT molecular complexity index is 616. The molecule has 0 aliphatic heterocycles. The molecule has 2 unspecified atom stereocenters. The van der Waals surface area contributed by atoms with Gasteiger partial charge >= 0.3 is 5.97 Å². The molecule has 150 valence electrons. The molecule has 0 saturated heterocycles. The average molecular weight is 382 g/mol. The van der Waals surface area contributed by atoms with Crippen molar-refractivity contribution in [2.45, 2.75) is 52.0 Å². The second-order valence-corrected chi connectivity index (χ2v) is 6.55. The number of carbonyl (C=O) groups is 3. The highest BCUT2D eigenvalue weighted by Gasteiger charge is 2.40. The number of ether oxygens (including phenoxy) is 1. The zero-order valence-electron chi connectivity index (χ0n) is 15.9. The van der Waals surface area contributed by atoms with Crippen LogP contribution in [0.3, 0.4) is 0 Å². The van der Waals surface area contributed by atoms with Crippen LogP contribution in [0.1, 0.15) is 33.3 Å². The highest BCUT2D eigenvalue weighted by molar-refractivity contribution is 5.90. The van der Waals surface area contributed by atoms with Crippen molar-refractivity contribution in [2.75, 3.05) is 6.61 Å². The minimum Gasteiger partial charge on any atom is -0.464 e. The largest absolute Gasteiger partial charge is 0.464 e. The number of hydroxylamine groups is 3. The molecule has 1 aromatic carbocycles. The Balaban J connectivity index is 2.88. The molecule has 2 amide bonds. The number of nitrogens with zero attached hydrogens (tertiary/aromatic N) is 1. The molecule has 1 aromatic rings. The van der Waals surface area contributed by atoms with Gasteiger partial charge in [-0.1, -0.05) is 30.3 Å². The van der Waals surface area contributed by atoms with Crippen LogP contribution < -0.4 is 5.48 Å². The van der Waals surface area contributed by atoms with Crippen molar-refractivity contribution < 1.29 is 33.9 Å². The van der Waals surface area contributed by atoms with Gasteiger partial charge in [0.25, 0.3) is 5.91 Å². The Morgan fingerprint density at radius 1 is 1.26 bits per heavy atom. The molecule has 9 heteroatoms. The summed E-state index contributed by atoms with van der Waals surface area (Å²) in [6, 6.07) is 7.32. The summed E-state index contributed by atoms with van der Waals surface area (Å²) in [7, 11) is 0. The molecule has 0 fully saturated rings. The highest BCUT2D eigenvalue weighted by atomic mass is 16.7. The van der Waals surface area contributed by atoms with Crippen LogP contribution in [0.5, 0.6) is 0 Å². The molecule has 1 rings (SSSR count). The molecule has 2 atom stereocenters. The zero-order chi connectivity index (χ0) is 20.4. The Hall–Kier alpha value is -2.49. The van der Waals surface area contributed by atoms with Crippen molar-refractivity contribution in [1.29, 1.82) is 0 Å². The molecule has 0 aliphatic carbocycles. The first-order valence-electron chi connectivity index (χ1n) is 8.42. The molecule has 0 aliphatic rings. The van der Waals surface area contributed by atoms with Crippen molar-refractivity contribution in [1.82, 2.24) is 10.5 Å². The van der Waals surface area contributed by atoms with Crippen molar-refractivity contribution in [3.8, 4) is 0 Å². The summed E-state index contributed by atoms with van der Waals surface area (Å²) in [5.74, 6) is -2.01. The van der Waals surface area contributed by atoms with Crippen molar-refractivity contribution in [3.63, 3.8) is 0 Å². The third-order valence-electron chi connectivity index (χ3n) is 3.11. The Morgan fingerprint density at radius 3 is 2.41 bits per heavy atom. The lowest BCUT2D eigenvalue weighted by Gasteiger charge is -2.33. The second kappa shape index (κ2) is 10.6. The minimum absolute atomic E-state index is 0.00401. The van der Waals surface area contributed by atoms with Crippen LogP contribution in [0.2, 0.25) is 0 Å². The van der Waals surface area contributed by atoms with Crippen LogP contribution in [0.15, 0.2) is 30.3 Å². The van der Waals surface area contributed by atoms with Crippen molar-refractivity contribution in [3.05, 3.63) is 35.9 Å². The zero-order valence-corrected chi connectivity index (χ0v) is 15.9. The van der Waals surface area contributed by atoms with Crippen LogP contribution in [0.25, 0.3) is 0 Å². The molecule has 2 N–H and O–H groups in total. The standard InChI is InChI=1S/C18H26N2O7/c1-5-25-17(24)15(22)14(20(12-21)27-18(2,3)4)16(23)19-26-11-13-9-7-6-8-10-13/h6-10,12,14-15,22H,5,11H2,1-4H3,(H,19,23). The smallest absolute Gasteiger partial charge is 0.337 e. The molecule has 0 aromatic heterocycles. The first-order valence-corrected chi connectivity index (χ1v) is 8.42. The van der Waals surface area contributed by atoms with E-state index in [0.717, 1.165) is 5.56 Å². The molecular formula is C18H26N2O7. The predicted octanol–water partition coefficient (Wildman–Crippen LogP) is 0.715. The van der Waals surface area contributed by atoms with Gasteiger partial charge in [0.1, 0.15) is 0 Å². The number of rotatable bonds is 10. The maximum absolute atomic E-state index is 12.5. The lowest BCUT2D eigenvalue weighted by molar-refractivity contribution is -0.243. The number of hydrogen-bond acceptors (Lipinski definition) is 7. The molecule has 0 spiro atoms. The lowest BCUT2D eigenvalue weighted by Crippen LogP contribution is -2.57. The minimum atomic E-state index is -1.96. The maximum atomic E-state index is 12.5. The fourth-order valence-corrected chi connectivity index (χ4v) is 2.04. The van der Waals surface area contributed by atoms with Gasteiger partial charge in [0, 0.05) is 0 Å². The van der Waals surface area contributed by atoms with Crippen LogP contribution in [0.4, 0.5) is 0 Å². The van der Waals surface area contributed by atoms with Crippen molar-refractivity contribution in [2.24, 2.45) is 0 Å². The van der Waals surface area contributed by atoms with Gasteiger partial charge in [-0.25, -0.2) is 15.3 Å². The van der Waals surface area contributed by atoms with E-state index in [0.29, 0.717) is 5.06 Å². The summed E-state index contributed by atoms with van der Waals surface area (Å²) in [5.41, 5.74) is 2.05. The van der Waals surface area contributed by atoms with Gasteiger partial charge in [-0.05, 0) is 33.3 Å². The van der Waals surface area contributed by atoms with Gasteiger partial charge in [-0.3, -0.25) is 19.3 Å². The second-order valence-electron chi connectivity index (χ2n) is 6.55. The third-order valence-corrected chi connectivity index (χ3v) is 3.11. The Kier molecular flexibility index (Phi) is 8.86. The van der Waals surface area contributed by atoms with E-state index in [9.17, 15) is 19.5 Å². The summed E-state index contributed by atoms with van der Waals surface area (Å²) in [5, 5.41) is 10.8. The quantitative estimate of drug-likeness (QED) is 0.348. The van der Waals surface area contributed by atoms with E-state index in [1.54, 1.807) is 52.0 Å². The summed E-state index contributed by atoms with van der Waals surface area (Å²) in [6.45, 7) is 6.52. The Morgan fingerprint density at radius 2 is 1.89 bits per heavy atom. The first-order chi connectivity index (χ1) is 12.7. The average Bonchev–Trinajstić information content (AvgIpc) is 2.61. The Labute approximate surface area is 158 Å². The fourth-order valence-electron chi connectivity index (χ4n) is 2.04. The molecule has 27 heavy (non-hydrogen) atoms. The monoisotopic (exact) mass is 382 g/mol. The summed E-state index contributed by atoms with van der Waals surface area (Å²) in [6.07, 6.45) is -1.76. The van der Waals surface area contributed by atoms with Crippen LogP contribution in [-0.2, 0) is 35.4 Å². The number of benzene rings is 1. The number of carbonyl (C=O) groups excluding carboxylic acids is 3.